The van der Waals surface area contributed by atoms with Crippen molar-refractivity contribution < 1.29 is 23.0 Å². The first-order valence-corrected chi connectivity index (χ1v) is 8.10. The number of carbonyl (C=O) groups is 1. The van der Waals surface area contributed by atoms with Gasteiger partial charge in [0.2, 0.25) is 0 Å². The number of halogens is 2. The standard InChI is InChI=1S/C17H19F2N3O3/c18-16(19)15-13(10-22(21-15)14-8-4-5-9-24-14)20-17(23)25-11-12-6-2-1-3-7-12/h1-3,6-7,10,14,16H,4-5,8-9,11H2,(H,20,23). The maximum atomic E-state index is 13.2. The van der Waals surface area contributed by atoms with Crippen molar-refractivity contribution in [3.05, 3.63) is 47.8 Å². The Kier molecular flexibility index (Phi) is 5.60. The van der Waals surface area contributed by atoms with E-state index in [-0.39, 0.29) is 18.5 Å². The molecule has 1 fully saturated rings. The summed E-state index contributed by atoms with van der Waals surface area (Å²) >= 11 is 0. The quantitative estimate of drug-likeness (QED) is 0.874. The lowest BCUT2D eigenvalue weighted by molar-refractivity contribution is -0.0402. The van der Waals surface area contributed by atoms with Gasteiger partial charge in [-0.25, -0.2) is 18.3 Å². The molecule has 1 aliphatic rings. The van der Waals surface area contributed by atoms with Gasteiger partial charge in [0.15, 0.2) is 5.69 Å². The topological polar surface area (TPSA) is 65.4 Å². The van der Waals surface area contributed by atoms with E-state index in [2.05, 4.69) is 10.4 Å². The highest BCUT2D eigenvalue weighted by Crippen LogP contribution is 2.29. The summed E-state index contributed by atoms with van der Waals surface area (Å²) in [7, 11) is 0. The van der Waals surface area contributed by atoms with Crippen molar-refractivity contribution in [2.75, 3.05) is 11.9 Å². The second kappa shape index (κ2) is 8.06. The van der Waals surface area contributed by atoms with Crippen LogP contribution < -0.4 is 5.32 Å². The number of nitrogens with zero attached hydrogens (tertiary/aromatic N) is 2. The third-order valence-electron chi connectivity index (χ3n) is 3.87. The van der Waals surface area contributed by atoms with Crippen LogP contribution in [0.15, 0.2) is 36.5 Å². The van der Waals surface area contributed by atoms with Crippen LogP contribution in [-0.4, -0.2) is 22.5 Å². The van der Waals surface area contributed by atoms with Crippen LogP contribution in [0, 0.1) is 0 Å². The highest BCUT2D eigenvalue weighted by Gasteiger charge is 2.24. The molecule has 0 radical (unpaired) electrons. The monoisotopic (exact) mass is 351 g/mol. The van der Waals surface area contributed by atoms with Gasteiger partial charge in [-0.3, -0.25) is 5.32 Å². The molecule has 1 aromatic carbocycles. The number of anilines is 1. The third-order valence-corrected chi connectivity index (χ3v) is 3.87. The Bertz CT molecular complexity index is 700. The summed E-state index contributed by atoms with van der Waals surface area (Å²) in [6, 6.07) is 9.09. The van der Waals surface area contributed by atoms with E-state index in [0.29, 0.717) is 13.0 Å². The first-order valence-electron chi connectivity index (χ1n) is 8.10. The molecule has 2 heterocycles. The number of ether oxygens (including phenoxy) is 2. The van der Waals surface area contributed by atoms with Crippen LogP contribution in [0.5, 0.6) is 0 Å². The number of nitrogens with one attached hydrogen (secondary N) is 1. The summed E-state index contributed by atoms with van der Waals surface area (Å²) in [5.41, 5.74) is 0.242. The first-order chi connectivity index (χ1) is 12.1. The van der Waals surface area contributed by atoms with Gasteiger partial charge >= 0.3 is 6.09 Å². The molecular weight excluding hydrogens is 332 g/mol. The summed E-state index contributed by atoms with van der Waals surface area (Å²) in [6.07, 6.45) is -0.0673. The van der Waals surface area contributed by atoms with Crippen molar-refractivity contribution in [3.8, 4) is 0 Å². The van der Waals surface area contributed by atoms with Gasteiger partial charge in [0.25, 0.3) is 6.43 Å². The van der Waals surface area contributed by atoms with E-state index in [1.54, 1.807) is 12.1 Å². The van der Waals surface area contributed by atoms with Crippen LogP contribution in [0.2, 0.25) is 0 Å². The van der Waals surface area contributed by atoms with E-state index >= 15 is 0 Å². The molecule has 2 aromatic rings. The second-order valence-electron chi connectivity index (χ2n) is 5.72. The fourth-order valence-corrected chi connectivity index (χ4v) is 2.61. The smallest absolute Gasteiger partial charge is 0.412 e. The predicted molar refractivity (Wildman–Crippen MR) is 86.3 cm³/mol. The maximum absolute atomic E-state index is 13.2. The normalized spacial score (nSPS) is 17.5. The zero-order valence-corrected chi connectivity index (χ0v) is 13.5. The molecule has 25 heavy (non-hydrogen) atoms. The molecule has 8 heteroatoms. The Balaban J connectivity index is 1.65. The number of amides is 1. The van der Waals surface area contributed by atoms with Gasteiger partial charge in [-0.15, -0.1) is 0 Å². The van der Waals surface area contributed by atoms with Crippen LogP contribution in [0.25, 0.3) is 0 Å². The van der Waals surface area contributed by atoms with Gasteiger partial charge in [-0.1, -0.05) is 30.3 Å². The van der Waals surface area contributed by atoms with E-state index in [0.717, 1.165) is 18.4 Å². The number of hydrogen-bond acceptors (Lipinski definition) is 4. The zero-order chi connectivity index (χ0) is 17.6. The molecule has 134 valence electrons. The molecule has 1 unspecified atom stereocenters. The highest BCUT2D eigenvalue weighted by atomic mass is 19.3. The van der Waals surface area contributed by atoms with Crippen LogP contribution >= 0.6 is 0 Å². The molecule has 1 amide bonds. The molecule has 0 bridgehead atoms. The van der Waals surface area contributed by atoms with Gasteiger partial charge in [-0.2, -0.15) is 5.10 Å². The molecule has 3 rings (SSSR count). The van der Waals surface area contributed by atoms with Gasteiger partial charge < -0.3 is 9.47 Å². The lowest BCUT2D eigenvalue weighted by Gasteiger charge is -2.22. The van der Waals surface area contributed by atoms with Gasteiger partial charge in [0, 0.05) is 6.61 Å². The molecule has 0 spiro atoms. The number of alkyl halides is 2. The molecule has 1 aliphatic heterocycles. The van der Waals surface area contributed by atoms with Crippen LogP contribution in [0.1, 0.15) is 43.2 Å². The average Bonchev–Trinajstić information content (AvgIpc) is 3.06. The van der Waals surface area contributed by atoms with Gasteiger partial charge in [-0.05, 0) is 24.8 Å². The van der Waals surface area contributed by atoms with E-state index in [1.807, 2.05) is 18.2 Å². The number of carbonyl (C=O) groups excluding carboxylic acids is 1. The molecule has 1 N–H and O–H groups in total. The lowest BCUT2D eigenvalue weighted by Crippen LogP contribution is -2.18. The number of aromatic nitrogens is 2. The van der Waals surface area contributed by atoms with Gasteiger partial charge in [0.1, 0.15) is 12.8 Å². The van der Waals surface area contributed by atoms with Gasteiger partial charge in [0.05, 0.1) is 11.9 Å². The Morgan fingerprint density at radius 1 is 1.36 bits per heavy atom. The molecule has 0 saturated carbocycles. The van der Waals surface area contributed by atoms with Crippen LogP contribution in [-0.2, 0) is 16.1 Å². The molecule has 0 aliphatic carbocycles. The summed E-state index contributed by atoms with van der Waals surface area (Å²) in [5.74, 6) is 0. The Morgan fingerprint density at radius 2 is 2.16 bits per heavy atom. The summed E-state index contributed by atoms with van der Waals surface area (Å²) in [6.45, 7) is 0.618. The van der Waals surface area contributed by atoms with Crippen molar-refractivity contribution in [3.63, 3.8) is 0 Å². The van der Waals surface area contributed by atoms with E-state index < -0.39 is 18.2 Å². The van der Waals surface area contributed by atoms with Crippen LogP contribution in [0.3, 0.4) is 0 Å². The minimum absolute atomic E-state index is 0.0521. The number of hydrogen-bond donors (Lipinski definition) is 1. The van der Waals surface area contributed by atoms with Crippen molar-refractivity contribution in [2.45, 2.75) is 38.5 Å². The predicted octanol–water partition coefficient (Wildman–Crippen LogP) is 4.27. The summed E-state index contributed by atoms with van der Waals surface area (Å²) < 4.78 is 38.3. The molecule has 1 saturated heterocycles. The van der Waals surface area contributed by atoms with E-state index in [4.69, 9.17) is 9.47 Å². The average molecular weight is 351 g/mol. The Hall–Kier alpha value is -2.48. The number of rotatable bonds is 5. The largest absolute Gasteiger partial charge is 0.444 e. The molecule has 1 atom stereocenters. The Labute approximate surface area is 143 Å². The summed E-state index contributed by atoms with van der Waals surface area (Å²) in [4.78, 5) is 11.9. The molecular formula is C17H19F2N3O3. The minimum atomic E-state index is -2.81. The third kappa shape index (κ3) is 4.54. The maximum Gasteiger partial charge on any atom is 0.412 e. The van der Waals surface area contributed by atoms with Crippen molar-refractivity contribution in [2.24, 2.45) is 0 Å². The minimum Gasteiger partial charge on any atom is -0.444 e. The van der Waals surface area contributed by atoms with E-state index in [1.165, 1.54) is 10.9 Å². The number of benzene rings is 1. The fourth-order valence-electron chi connectivity index (χ4n) is 2.61. The molecule has 1 aromatic heterocycles. The highest BCUT2D eigenvalue weighted by molar-refractivity contribution is 5.85. The first kappa shape index (κ1) is 17.3. The van der Waals surface area contributed by atoms with E-state index in [9.17, 15) is 13.6 Å². The SMILES string of the molecule is O=C(Nc1cn(C2CCCCO2)nc1C(F)F)OCc1ccccc1. The van der Waals surface area contributed by atoms with Crippen LogP contribution in [0.4, 0.5) is 19.3 Å². The lowest BCUT2D eigenvalue weighted by atomic mass is 10.2. The van der Waals surface area contributed by atoms with Crippen molar-refractivity contribution in [1.29, 1.82) is 0 Å². The Morgan fingerprint density at radius 3 is 2.84 bits per heavy atom. The second-order valence-corrected chi connectivity index (χ2v) is 5.72. The summed E-state index contributed by atoms with van der Waals surface area (Å²) in [5, 5.41) is 6.22. The van der Waals surface area contributed by atoms with Crippen molar-refractivity contribution in [1.82, 2.24) is 9.78 Å². The molecule has 6 nitrogen and oxygen atoms in total. The zero-order valence-electron chi connectivity index (χ0n) is 13.5. The fraction of sp³-hybridized carbons (Fsp3) is 0.412. The van der Waals surface area contributed by atoms with Crippen molar-refractivity contribution >= 4 is 11.8 Å².